The molecule has 1 unspecified atom stereocenters. The highest BCUT2D eigenvalue weighted by Gasteiger charge is 2.19. The monoisotopic (exact) mass is 851 g/mol. The Labute approximate surface area is 376 Å². The molecule has 0 spiro atoms. The van der Waals surface area contributed by atoms with Gasteiger partial charge in [-0.25, -0.2) is 0 Å². The SMILES string of the molecule is CC\C=C/C=C\C=C/CCCCCCCC(=O)OC(COC(=O)CCC/C=C\C/C=C\C/C=C\CCCCCCCC)COC(=O)CCCCCCCCCCCCCCC. The first-order chi connectivity index (χ1) is 30.0. The molecule has 0 aromatic rings. The molecule has 61 heavy (non-hydrogen) atoms. The molecule has 0 saturated heterocycles. The number of carbonyl (C=O) groups is 3. The van der Waals surface area contributed by atoms with E-state index in [1.165, 1.54) is 109 Å². The number of rotatable bonds is 45. The van der Waals surface area contributed by atoms with Gasteiger partial charge < -0.3 is 14.2 Å². The lowest BCUT2D eigenvalue weighted by Gasteiger charge is -2.18. The van der Waals surface area contributed by atoms with Crippen LogP contribution in [0, 0.1) is 0 Å². The van der Waals surface area contributed by atoms with Crippen LogP contribution in [0.5, 0.6) is 0 Å². The third-order valence-electron chi connectivity index (χ3n) is 10.8. The van der Waals surface area contributed by atoms with Crippen LogP contribution >= 0.6 is 0 Å². The maximum atomic E-state index is 12.8. The van der Waals surface area contributed by atoms with Crippen molar-refractivity contribution >= 4 is 17.9 Å². The van der Waals surface area contributed by atoms with Crippen molar-refractivity contribution in [3.8, 4) is 0 Å². The first-order valence-electron chi connectivity index (χ1n) is 25.5. The van der Waals surface area contributed by atoms with Crippen LogP contribution in [-0.4, -0.2) is 37.2 Å². The van der Waals surface area contributed by atoms with E-state index in [4.69, 9.17) is 14.2 Å². The third-order valence-corrected chi connectivity index (χ3v) is 10.8. The number of esters is 3. The summed E-state index contributed by atoms with van der Waals surface area (Å²) in [6.45, 7) is 6.44. The predicted octanol–water partition coefficient (Wildman–Crippen LogP) is 16.6. The van der Waals surface area contributed by atoms with E-state index in [0.29, 0.717) is 19.3 Å². The van der Waals surface area contributed by atoms with Crippen LogP contribution in [0.3, 0.4) is 0 Å². The van der Waals surface area contributed by atoms with Crippen molar-refractivity contribution < 1.29 is 28.6 Å². The largest absolute Gasteiger partial charge is 0.462 e. The second-order valence-electron chi connectivity index (χ2n) is 16.8. The molecule has 0 N–H and O–H groups in total. The molecule has 1 atom stereocenters. The van der Waals surface area contributed by atoms with E-state index in [0.717, 1.165) is 83.5 Å². The molecule has 0 radical (unpaired) electrons. The highest BCUT2D eigenvalue weighted by molar-refractivity contribution is 5.71. The topological polar surface area (TPSA) is 78.9 Å². The van der Waals surface area contributed by atoms with Crippen LogP contribution in [0.25, 0.3) is 0 Å². The van der Waals surface area contributed by atoms with Gasteiger partial charge >= 0.3 is 17.9 Å². The molecule has 0 amide bonds. The average molecular weight is 851 g/mol. The Morgan fingerprint density at radius 3 is 1.20 bits per heavy atom. The average Bonchev–Trinajstić information content (AvgIpc) is 3.26. The molecule has 0 aliphatic carbocycles. The molecular weight excluding hydrogens is 757 g/mol. The van der Waals surface area contributed by atoms with E-state index in [-0.39, 0.29) is 37.5 Å². The zero-order chi connectivity index (χ0) is 44.4. The molecular formula is C55H94O6. The summed E-state index contributed by atoms with van der Waals surface area (Å²) in [5, 5.41) is 0. The standard InChI is InChI=1S/C55H94O6/c1-4-7-10-13-16-19-22-25-26-27-28-31-33-36-39-42-45-48-54(57)60-51-52(61-55(58)49-46-43-40-37-34-30-24-21-18-15-12-9-6-3)50-59-53(56)47-44-41-38-35-32-29-23-20-17-14-11-8-5-2/h9,12,15,18,21,24-26,28,31,36,39,52H,4-8,10-11,13-14,16-17,19-20,22-23,27,29-30,32-35,37-38,40-51H2,1-3H3/b12-9-,18-15-,24-21-,26-25-,31-28-,39-36-. The van der Waals surface area contributed by atoms with Crippen molar-refractivity contribution in [1.82, 2.24) is 0 Å². The van der Waals surface area contributed by atoms with E-state index in [2.05, 4.69) is 93.7 Å². The molecule has 0 aliphatic rings. The Morgan fingerprint density at radius 1 is 0.361 bits per heavy atom. The maximum Gasteiger partial charge on any atom is 0.306 e. The van der Waals surface area contributed by atoms with E-state index in [1.807, 2.05) is 0 Å². The summed E-state index contributed by atoms with van der Waals surface area (Å²) in [4.78, 5) is 37.9. The normalized spacial score (nSPS) is 12.6. The van der Waals surface area contributed by atoms with Crippen LogP contribution in [-0.2, 0) is 28.6 Å². The molecule has 350 valence electrons. The summed E-state index contributed by atoms with van der Waals surface area (Å²) >= 11 is 0. The molecule has 0 fully saturated rings. The quantitative estimate of drug-likeness (QED) is 0.0200. The van der Waals surface area contributed by atoms with Gasteiger partial charge in [-0.2, -0.15) is 0 Å². The van der Waals surface area contributed by atoms with Gasteiger partial charge in [0.1, 0.15) is 13.2 Å². The van der Waals surface area contributed by atoms with Crippen molar-refractivity contribution in [2.24, 2.45) is 0 Å². The van der Waals surface area contributed by atoms with Crippen LogP contribution < -0.4 is 0 Å². The number of carbonyl (C=O) groups excluding carboxylic acids is 3. The molecule has 0 aromatic heterocycles. The highest BCUT2D eigenvalue weighted by atomic mass is 16.6. The lowest BCUT2D eigenvalue weighted by Crippen LogP contribution is -2.30. The van der Waals surface area contributed by atoms with E-state index < -0.39 is 6.10 Å². The van der Waals surface area contributed by atoms with Gasteiger partial charge in [0.15, 0.2) is 6.10 Å². The minimum Gasteiger partial charge on any atom is -0.462 e. The van der Waals surface area contributed by atoms with Crippen LogP contribution in [0.4, 0.5) is 0 Å². The van der Waals surface area contributed by atoms with Crippen LogP contribution in [0.2, 0.25) is 0 Å². The number of allylic oxidation sites excluding steroid dienone is 12. The molecule has 0 aromatic carbocycles. The zero-order valence-electron chi connectivity index (χ0n) is 39.9. The van der Waals surface area contributed by atoms with Crippen molar-refractivity contribution in [3.63, 3.8) is 0 Å². The van der Waals surface area contributed by atoms with Crippen molar-refractivity contribution in [3.05, 3.63) is 72.9 Å². The molecule has 6 heteroatoms. The zero-order valence-corrected chi connectivity index (χ0v) is 39.9. The second-order valence-corrected chi connectivity index (χ2v) is 16.8. The highest BCUT2D eigenvalue weighted by Crippen LogP contribution is 2.14. The van der Waals surface area contributed by atoms with Gasteiger partial charge in [0, 0.05) is 19.3 Å². The lowest BCUT2D eigenvalue weighted by molar-refractivity contribution is -0.167. The van der Waals surface area contributed by atoms with E-state index in [1.54, 1.807) is 0 Å². The summed E-state index contributed by atoms with van der Waals surface area (Å²) in [6.07, 6.45) is 61.8. The predicted molar refractivity (Wildman–Crippen MR) is 261 cm³/mol. The van der Waals surface area contributed by atoms with E-state index in [9.17, 15) is 14.4 Å². The number of unbranched alkanes of at least 4 members (excludes halogenated alkanes) is 24. The fourth-order valence-electron chi connectivity index (χ4n) is 6.93. The smallest absolute Gasteiger partial charge is 0.306 e. The molecule has 6 nitrogen and oxygen atoms in total. The molecule has 0 rings (SSSR count). The van der Waals surface area contributed by atoms with Gasteiger partial charge in [-0.05, 0) is 70.6 Å². The second kappa shape index (κ2) is 49.5. The molecule has 0 aliphatic heterocycles. The number of hydrogen-bond acceptors (Lipinski definition) is 6. The van der Waals surface area contributed by atoms with Gasteiger partial charge in [0.25, 0.3) is 0 Å². The maximum absolute atomic E-state index is 12.8. The molecule has 0 saturated carbocycles. The Morgan fingerprint density at radius 2 is 0.721 bits per heavy atom. The van der Waals surface area contributed by atoms with Gasteiger partial charge in [-0.3, -0.25) is 14.4 Å². The van der Waals surface area contributed by atoms with Crippen LogP contribution in [0.1, 0.15) is 239 Å². The Kier molecular flexibility index (Phi) is 46.9. The van der Waals surface area contributed by atoms with Gasteiger partial charge in [0.05, 0.1) is 0 Å². The fourth-order valence-corrected chi connectivity index (χ4v) is 6.93. The van der Waals surface area contributed by atoms with Gasteiger partial charge in [0.2, 0.25) is 0 Å². The summed E-state index contributed by atoms with van der Waals surface area (Å²) in [5.74, 6) is -0.973. The summed E-state index contributed by atoms with van der Waals surface area (Å²) in [5.41, 5.74) is 0. The first-order valence-corrected chi connectivity index (χ1v) is 25.5. The Hall–Kier alpha value is -3.15. The molecule has 0 bridgehead atoms. The number of ether oxygens (including phenoxy) is 3. The summed E-state index contributed by atoms with van der Waals surface area (Å²) < 4.78 is 16.7. The van der Waals surface area contributed by atoms with Crippen molar-refractivity contribution in [2.75, 3.05) is 13.2 Å². The Bertz CT molecular complexity index is 1160. The minimum absolute atomic E-state index is 0.0981. The van der Waals surface area contributed by atoms with Crippen molar-refractivity contribution in [2.45, 2.75) is 245 Å². The summed E-state index contributed by atoms with van der Waals surface area (Å²) in [6, 6.07) is 0. The third kappa shape index (κ3) is 47.7. The minimum atomic E-state index is -0.803. The molecule has 0 heterocycles. The van der Waals surface area contributed by atoms with Gasteiger partial charge in [-0.1, -0.05) is 222 Å². The van der Waals surface area contributed by atoms with Crippen LogP contribution in [0.15, 0.2) is 72.9 Å². The fraction of sp³-hybridized carbons (Fsp3) is 0.727. The van der Waals surface area contributed by atoms with E-state index >= 15 is 0 Å². The first kappa shape index (κ1) is 57.9. The Balaban J connectivity index is 4.47. The van der Waals surface area contributed by atoms with Crippen molar-refractivity contribution in [1.29, 1.82) is 0 Å². The number of hydrogen-bond donors (Lipinski definition) is 0. The van der Waals surface area contributed by atoms with Gasteiger partial charge in [-0.15, -0.1) is 0 Å². The lowest BCUT2D eigenvalue weighted by atomic mass is 10.0. The summed E-state index contributed by atoms with van der Waals surface area (Å²) in [7, 11) is 0.